The number of nitrogens with zero attached hydrogens (tertiary/aromatic N) is 2. The van der Waals surface area contributed by atoms with Crippen LogP contribution in [0.3, 0.4) is 0 Å². The van der Waals surface area contributed by atoms with Crippen molar-refractivity contribution in [2.75, 3.05) is 11.4 Å². The van der Waals surface area contributed by atoms with Crippen LogP contribution in [0.5, 0.6) is 0 Å². The number of halogens is 1. The SMILES string of the molecule is CC(C)C(NC(=O)c1ccccc1F)C(=O)N1CCc2ccc([N+](=O)[O-])cc21. The highest BCUT2D eigenvalue weighted by molar-refractivity contribution is 6.03. The van der Waals surface area contributed by atoms with Crippen molar-refractivity contribution in [1.29, 1.82) is 0 Å². The van der Waals surface area contributed by atoms with E-state index in [-0.39, 0.29) is 23.1 Å². The van der Waals surface area contributed by atoms with E-state index < -0.39 is 22.7 Å². The molecule has 0 radical (unpaired) electrons. The number of carbonyl (C=O) groups excluding carboxylic acids is 2. The van der Waals surface area contributed by atoms with Gasteiger partial charge in [0.15, 0.2) is 0 Å². The first-order chi connectivity index (χ1) is 13.3. The molecule has 2 aromatic carbocycles. The van der Waals surface area contributed by atoms with Gasteiger partial charge in [-0.15, -0.1) is 0 Å². The minimum atomic E-state index is -0.891. The smallest absolute Gasteiger partial charge is 0.271 e. The Hall–Kier alpha value is -3.29. The second-order valence-corrected chi connectivity index (χ2v) is 6.98. The Balaban J connectivity index is 1.86. The largest absolute Gasteiger partial charge is 0.340 e. The van der Waals surface area contributed by atoms with E-state index in [1.54, 1.807) is 26.0 Å². The monoisotopic (exact) mass is 385 g/mol. The fourth-order valence-electron chi connectivity index (χ4n) is 3.26. The van der Waals surface area contributed by atoms with Crippen molar-refractivity contribution in [3.8, 4) is 0 Å². The lowest BCUT2D eigenvalue weighted by atomic mass is 10.0. The fourth-order valence-corrected chi connectivity index (χ4v) is 3.26. The standard InChI is InChI=1S/C20H20FN3O4/c1-12(2)18(22-19(25)15-5-3-4-6-16(15)21)20(26)23-10-9-13-7-8-14(24(27)28)11-17(13)23/h3-8,11-12,18H,9-10H2,1-2H3,(H,22,25). The summed E-state index contributed by atoms with van der Waals surface area (Å²) < 4.78 is 13.9. The molecule has 1 N–H and O–H groups in total. The highest BCUT2D eigenvalue weighted by atomic mass is 19.1. The van der Waals surface area contributed by atoms with Crippen LogP contribution in [0.4, 0.5) is 15.8 Å². The summed E-state index contributed by atoms with van der Waals surface area (Å²) in [6.07, 6.45) is 0.575. The Bertz CT molecular complexity index is 945. The van der Waals surface area contributed by atoms with Gasteiger partial charge in [-0.05, 0) is 30.0 Å². The zero-order valence-corrected chi connectivity index (χ0v) is 15.5. The second kappa shape index (κ2) is 7.75. The third-order valence-corrected chi connectivity index (χ3v) is 4.78. The number of fused-ring (bicyclic) bond motifs is 1. The second-order valence-electron chi connectivity index (χ2n) is 6.98. The number of rotatable bonds is 5. The van der Waals surface area contributed by atoms with Crippen molar-refractivity contribution < 1.29 is 18.9 Å². The molecular weight excluding hydrogens is 365 g/mol. The normalized spacial score (nSPS) is 13.9. The van der Waals surface area contributed by atoms with Crippen molar-refractivity contribution in [3.63, 3.8) is 0 Å². The number of nitro benzene ring substituents is 1. The summed E-state index contributed by atoms with van der Waals surface area (Å²) >= 11 is 0. The Kier molecular flexibility index (Phi) is 5.39. The summed E-state index contributed by atoms with van der Waals surface area (Å²) in [6, 6.07) is 9.08. The van der Waals surface area contributed by atoms with E-state index in [1.165, 1.54) is 35.2 Å². The van der Waals surface area contributed by atoms with Crippen LogP contribution in [0.2, 0.25) is 0 Å². The van der Waals surface area contributed by atoms with Crippen LogP contribution in [0.1, 0.15) is 29.8 Å². The van der Waals surface area contributed by atoms with E-state index >= 15 is 0 Å². The van der Waals surface area contributed by atoms with Gasteiger partial charge in [0.1, 0.15) is 11.9 Å². The molecule has 3 rings (SSSR count). The average molecular weight is 385 g/mol. The predicted molar refractivity (Wildman–Crippen MR) is 102 cm³/mol. The highest BCUT2D eigenvalue weighted by Crippen LogP contribution is 2.32. The van der Waals surface area contributed by atoms with Crippen LogP contribution in [0.25, 0.3) is 0 Å². The van der Waals surface area contributed by atoms with E-state index in [0.29, 0.717) is 18.7 Å². The number of anilines is 1. The van der Waals surface area contributed by atoms with Crippen molar-refractivity contribution >= 4 is 23.2 Å². The van der Waals surface area contributed by atoms with Crippen molar-refractivity contribution in [2.45, 2.75) is 26.3 Å². The third-order valence-electron chi connectivity index (χ3n) is 4.78. The lowest BCUT2D eigenvalue weighted by Crippen LogP contribution is -2.51. The molecule has 1 unspecified atom stereocenters. The molecule has 1 heterocycles. The summed E-state index contributed by atoms with van der Waals surface area (Å²) in [6.45, 7) is 3.91. The van der Waals surface area contributed by atoms with Gasteiger partial charge < -0.3 is 10.2 Å². The molecule has 1 aliphatic heterocycles. The molecule has 7 nitrogen and oxygen atoms in total. The first-order valence-electron chi connectivity index (χ1n) is 8.93. The van der Waals surface area contributed by atoms with Gasteiger partial charge in [0, 0.05) is 18.7 Å². The minimum absolute atomic E-state index is 0.102. The molecule has 0 saturated heterocycles. The predicted octanol–water partition coefficient (Wildman–Crippen LogP) is 3.08. The minimum Gasteiger partial charge on any atom is -0.340 e. The number of carbonyl (C=O) groups is 2. The number of hydrogen-bond acceptors (Lipinski definition) is 4. The summed E-state index contributed by atoms with van der Waals surface area (Å²) in [7, 11) is 0. The van der Waals surface area contributed by atoms with Gasteiger partial charge in [-0.3, -0.25) is 19.7 Å². The van der Waals surface area contributed by atoms with Crippen molar-refractivity contribution in [3.05, 3.63) is 69.5 Å². The molecule has 2 aromatic rings. The summed E-state index contributed by atoms with van der Waals surface area (Å²) in [5, 5.41) is 13.7. The quantitative estimate of drug-likeness (QED) is 0.632. The molecular formula is C20H20FN3O4. The van der Waals surface area contributed by atoms with Gasteiger partial charge in [0.2, 0.25) is 5.91 Å². The Morgan fingerprint density at radius 3 is 2.57 bits per heavy atom. The topological polar surface area (TPSA) is 92.6 Å². The fraction of sp³-hybridized carbons (Fsp3) is 0.300. The molecule has 1 aliphatic rings. The van der Waals surface area contributed by atoms with E-state index in [1.807, 2.05) is 0 Å². The molecule has 0 aromatic heterocycles. The lowest BCUT2D eigenvalue weighted by molar-refractivity contribution is -0.384. The molecule has 0 spiro atoms. The number of hydrogen-bond donors (Lipinski definition) is 1. The van der Waals surface area contributed by atoms with E-state index in [4.69, 9.17) is 0 Å². The maximum absolute atomic E-state index is 13.9. The summed E-state index contributed by atoms with van der Waals surface area (Å²) in [4.78, 5) is 37.6. The first kappa shape index (κ1) is 19.5. The van der Waals surface area contributed by atoms with E-state index in [2.05, 4.69) is 5.32 Å². The molecule has 146 valence electrons. The number of nitro groups is 1. The molecule has 0 saturated carbocycles. The third kappa shape index (κ3) is 3.71. The van der Waals surface area contributed by atoms with Crippen LogP contribution < -0.4 is 10.2 Å². The molecule has 2 amide bonds. The molecule has 0 bridgehead atoms. The van der Waals surface area contributed by atoms with Gasteiger partial charge in [-0.1, -0.05) is 32.0 Å². The van der Waals surface area contributed by atoms with Crippen molar-refractivity contribution in [1.82, 2.24) is 5.32 Å². The molecule has 0 fully saturated rings. The molecule has 28 heavy (non-hydrogen) atoms. The van der Waals surface area contributed by atoms with Crippen LogP contribution in [0.15, 0.2) is 42.5 Å². The number of benzene rings is 2. The maximum atomic E-state index is 13.9. The lowest BCUT2D eigenvalue weighted by Gasteiger charge is -2.27. The van der Waals surface area contributed by atoms with Gasteiger partial charge in [0.25, 0.3) is 11.6 Å². The van der Waals surface area contributed by atoms with Crippen molar-refractivity contribution in [2.24, 2.45) is 5.92 Å². The van der Waals surface area contributed by atoms with Crippen LogP contribution >= 0.6 is 0 Å². The zero-order valence-electron chi connectivity index (χ0n) is 15.5. The van der Waals surface area contributed by atoms with Crippen LogP contribution in [-0.4, -0.2) is 29.3 Å². The summed E-state index contributed by atoms with van der Waals surface area (Å²) in [5.74, 6) is -1.98. The number of amides is 2. The van der Waals surface area contributed by atoms with Crippen LogP contribution in [0, 0.1) is 21.8 Å². The first-order valence-corrected chi connectivity index (χ1v) is 8.93. The van der Waals surface area contributed by atoms with Gasteiger partial charge in [-0.25, -0.2) is 4.39 Å². The Morgan fingerprint density at radius 2 is 1.93 bits per heavy atom. The number of nitrogens with one attached hydrogen (secondary N) is 1. The molecule has 1 atom stereocenters. The summed E-state index contributed by atoms with van der Waals surface area (Å²) in [5.41, 5.74) is 1.07. The Morgan fingerprint density at radius 1 is 1.21 bits per heavy atom. The highest BCUT2D eigenvalue weighted by Gasteiger charge is 2.34. The van der Waals surface area contributed by atoms with Crippen LogP contribution in [-0.2, 0) is 11.2 Å². The molecule has 8 heteroatoms. The van der Waals surface area contributed by atoms with Gasteiger partial charge >= 0.3 is 0 Å². The van der Waals surface area contributed by atoms with E-state index in [9.17, 15) is 24.1 Å². The van der Waals surface area contributed by atoms with Gasteiger partial charge in [0.05, 0.1) is 16.2 Å². The number of non-ortho nitro benzene ring substituents is 1. The Labute approximate surface area is 161 Å². The zero-order chi connectivity index (χ0) is 20.4. The maximum Gasteiger partial charge on any atom is 0.271 e. The van der Waals surface area contributed by atoms with E-state index in [0.717, 1.165) is 5.56 Å². The molecule has 0 aliphatic carbocycles. The average Bonchev–Trinajstić information content (AvgIpc) is 3.08. The van der Waals surface area contributed by atoms with Gasteiger partial charge in [-0.2, -0.15) is 0 Å².